The van der Waals surface area contributed by atoms with Gasteiger partial charge in [-0.15, -0.1) is 0 Å². The minimum Gasteiger partial charge on any atom is -0.357 e. The first kappa shape index (κ1) is 8.52. The van der Waals surface area contributed by atoms with E-state index in [2.05, 4.69) is 19.2 Å². The minimum absolute atomic E-state index is 0.0405. The molecule has 4 unspecified atom stereocenters. The Morgan fingerprint density at radius 2 is 2.08 bits per heavy atom. The highest BCUT2D eigenvalue weighted by molar-refractivity contribution is 4.99. The normalized spacial score (nSPS) is 52.8. The molecule has 1 aliphatic carbocycles. The zero-order valence-corrected chi connectivity index (χ0v) is 8.26. The summed E-state index contributed by atoms with van der Waals surface area (Å²) in [6.45, 7) is 4.51. The SMILES string of the molecule is CNC12CC(C)CC1CC(C)O2. The molecule has 1 saturated carbocycles. The van der Waals surface area contributed by atoms with Crippen LogP contribution < -0.4 is 5.32 Å². The predicted molar refractivity (Wildman–Crippen MR) is 48.8 cm³/mol. The van der Waals surface area contributed by atoms with Gasteiger partial charge in [0.15, 0.2) is 0 Å². The second-order valence-electron chi connectivity index (χ2n) is 4.55. The molecule has 0 aromatic carbocycles. The largest absolute Gasteiger partial charge is 0.357 e. The second kappa shape index (κ2) is 2.71. The van der Waals surface area contributed by atoms with Crippen LogP contribution in [0.2, 0.25) is 0 Å². The zero-order valence-electron chi connectivity index (χ0n) is 8.26. The molecule has 0 amide bonds. The van der Waals surface area contributed by atoms with Crippen LogP contribution >= 0.6 is 0 Å². The lowest BCUT2D eigenvalue weighted by molar-refractivity contribution is -0.0647. The van der Waals surface area contributed by atoms with Crippen molar-refractivity contribution >= 4 is 0 Å². The van der Waals surface area contributed by atoms with E-state index in [0.717, 1.165) is 11.8 Å². The molecule has 0 spiro atoms. The Morgan fingerprint density at radius 1 is 1.33 bits per heavy atom. The first-order chi connectivity index (χ1) is 5.66. The van der Waals surface area contributed by atoms with Crippen molar-refractivity contribution in [2.24, 2.45) is 11.8 Å². The van der Waals surface area contributed by atoms with Crippen LogP contribution in [0.5, 0.6) is 0 Å². The van der Waals surface area contributed by atoms with Gasteiger partial charge in [0.2, 0.25) is 0 Å². The molecule has 2 heteroatoms. The van der Waals surface area contributed by atoms with E-state index in [0.29, 0.717) is 6.10 Å². The molecular formula is C10H19NO. The lowest BCUT2D eigenvalue weighted by Gasteiger charge is -2.28. The molecule has 1 saturated heterocycles. The van der Waals surface area contributed by atoms with E-state index in [4.69, 9.17) is 4.74 Å². The predicted octanol–water partition coefficient (Wildman–Crippen LogP) is 1.76. The average Bonchev–Trinajstić information content (AvgIpc) is 2.40. The quantitative estimate of drug-likeness (QED) is 0.646. The van der Waals surface area contributed by atoms with Gasteiger partial charge in [0.25, 0.3) is 0 Å². The van der Waals surface area contributed by atoms with Gasteiger partial charge in [0.1, 0.15) is 5.72 Å². The van der Waals surface area contributed by atoms with Crippen LogP contribution in [0.15, 0.2) is 0 Å². The van der Waals surface area contributed by atoms with E-state index >= 15 is 0 Å². The third kappa shape index (κ3) is 1.09. The molecule has 70 valence electrons. The fourth-order valence-corrected chi connectivity index (χ4v) is 3.05. The van der Waals surface area contributed by atoms with E-state index < -0.39 is 0 Å². The van der Waals surface area contributed by atoms with Crippen molar-refractivity contribution in [3.63, 3.8) is 0 Å². The third-order valence-corrected chi connectivity index (χ3v) is 3.45. The molecule has 1 aliphatic heterocycles. The van der Waals surface area contributed by atoms with Crippen molar-refractivity contribution in [3.05, 3.63) is 0 Å². The second-order valence-corrected chi connectivity index (χ2v) is 4.55. The first-order valence-electron chi connectivity index (χ1n) is 5.03. The summed E-state index contributed by atoms with van der Waals surface area (Å²) in [5.41, 5.74) is 0.0405. The summed E-state index contributed by atoms with van der Waals surface area (Å²) in [4.78, 5) is 0. The van der Waals surface area contributed by atoms with Crippen molar-refractivity contribution in [2.45, 2.75) is 44.9 Å². The van der Waals surface area contributed by atoms with Crippen LogP contribution in [-0.2, 0) is 4.74 Å². The molecule has 2 fully saturated rings. The Hall–Kier alpha value is -0.0800. The number of ether oxygens (including phenoxy) is 1. The van der Waals surface area contributed by atoms with Gasteiger partial charge in [-0.1, -0.05) is 6.92 Å². The van der Waals surface area contributed by atoms with Crippen molar-refractivity contribution in [3.8, 4) is 0 Å². The van der Waals surface area contributed by atoms with E-state index in [-0.39, 0.29) is 5.72 Å². The average molecular weight is 169 g/mol. The highest BCUT2D eigenvalue weighted by Gasteiger charge is 2.51. The summed E-state index contributed by atoms with van der Waals surface area (Å²) >= 11 is 0. The van der Waals surface area contributed by atoms with Crippen molar-refractivity contribution in [1.82, 2.24) is 5.32 Å². The summed E-state index contributed by atoms with van der Waals surface area (Å²) < 4.78 is 5.98. The molecule has 12 heavy (non-hydrogen) atoms. The molecule has 0 aromatic heterocycles. The maximum absolute atomic E-state index is 5.98. The number of fused-ring (bicyclic) bond motifs is 1. The van der Waals surface area contributed by atoms with Gasteiger partial charge in [-0.3, -0.25) is 5.32 Å². The fourth-order valence-electron chi connectivity index (χ4n) is 3.05. The molecule has 2 aliphatic rings. The Morgan fingerprint density at radius 3 is 2.67 bits per heavy atom. The number of nitrogens with one attached hydrogen (secondary N) is 1. The van der Waals surface area contributed by atoms with Gasteiger partial charge in [-0.25, -0.2) is 0 Å². The van der Waals surface area contributed by atoms with Crippen LogP contribution in [0.3, 0.4) is 0 Å². The van der Waals surface area contributed by atoms with Crippen LogP contribution in [0, 0.1) is 11.8 Å². The topological polar surface area (TPSA) is 21.3 Å². The van der Waals surface area contributed by atoms with Crippen LogP contribution in [0.25, 0.3) is 0 Å². The van der Waals surface area contributed by atoms with E-state index in [1.807, 2.05) is 7.05 Å². The maximum atomic E-state index is 5.98. The Kier molecular flexibility index (Phi) is 1.92. The highest BCUT2D eigenvalue weighted by atomic mass is 16.5. The van der Waals surface area contributed by atoms with Gasteiger partial charge in [-0.05, 0) is 39.2 Å². The van der Waals surface area contributed by atoms with E-state index in [9.17, 15) is 0 Å². The summed E-state index contributed by atoms with van der Waals surface area (Å²) in [7, 11) is 2.03. The van der Waals surface area contributed by atoms with Crippen LogP contribution in [-0.4, -0.2) is 18.9 Å². The van der Waals surface area contributed by atoms with Crippen LogP contribution in [0.1, 0.15) is 33.1 Å². The molecule has 4 atom stereocenters. The molecule has 2 nitrogen and oxygen atoms in total. The Balaban J connectivity index is 2.16. The number of hydrogen-bond donors (Lipinski definition) is 1. The van der Waals surface area contributed by atoms with Crippen molar-refractivity contribution in [2.75, 3.05) is 7.05 Å². The number of hydrogen-bond acceptors (Lipinski definition) is 2. The van der Waals surface area contributed by atoms with Gasteiger partial charge < -0.3 is 4.74 Å². The molecule has 1 heterocycles. The minimum atomic E-state index is 0.0405. The zero-order chi connectivity index (χ0) is 8.77. The van der Waals surface area contributed by atoms with Gasteiger partial charge in [0.05, 0.1) is 6.10 Å². The van der Waals surface area contributed by atoms with E-state index in [1.165, 1.54) is 19.3 Å². The number of rotatable bonds is 1. The standard InChI is InChI=1S/C10H19NO/c1-7-4-9-5-8(2)12-10(9,6-7)11-3/h7-9,11H,4-6H2,1-3H3. The summed E-state index contributed by atoms with van der Waals surface area (Å²) in [5.74, 6) is 1.59. The molecule has 0 bridgehead atoms. The van der Waals surface area contributed by atoms with Crippen molar-refractivity contribution in [1.29, 1.82) is 0 Å². The maximum Gasteiger partial charge on any atom is 0.122 e. The lowest BCUT2D eigenvalue weighted by atomic mass is 9.97. The lowest BCUT2D eigenvalue weighted by Crippen LogP contribution is -2.45. The monoisotopic (exact) mass is 169 g/mol. The summed E-state index contributed by atoms with van der Waals surface area (Å²) in [5, 5.41) is 3.38. The molecule has 1 N–H and O–H groups in total. The summed E-state index contributed by atoms with van der Waals surface area (Å²) in [6, 6.07) is 0. The fraction of sp³-hybridized carbons (Fsp3) is 1.00. The van der Waals surface area contributed by atoms with Gasteiger partial charge in [-0.2, -0.15) is 0 Å². The first-order valence-corrected chi connectivity index (χ1v) is 5.03. The molecule has 0 radical (unpaired) electrons. The van der Waals surface area contributed by atoms with Gasteiger partial charge in [0, 0.05) is 5.92 Å². The van der Waals surface area contributed by atoms with Gasteiger partial charge >= 0.3 is 0 Å². The smallest absolute Gasteiger partial charge is 0.122 e. The third-order valence-electron chi connectivity index (χ3n) is 3.45. The molecule has 0 aromatic rings. The van der Waals surface area contributed by atoms with Crippen LogP contribution in [0.4, 0.5) is 0 Å². The van der Waals surface area contributed by atoms with Crippen molar-refractivity contribution < 1.29 is 4.74 Å². The Bertz CT molecular complexity index is 167. The van der Waals surface area contributed by atoms with E-state index in [1.54, 1.807) is 0 Å². The summed E-state index contributed by atoms with van der Waals surface area (Å²) in [6.07, 6.45) is 4.23. The highest BCUT2D eigenvalue weighted by Crippen LogP contribution is 2.48. The molecule has 2 rings (SSSR count). The Labute approximate surface area is 74.7 Å². The molecular weight excluding hydrogens is 150 g/mol.